The van der Waals surface area contributed by atoms with Crippen LogP contribution in [0.15, 0.2) is 6.07 Å². The van der Waals surface area contributed by atoms with Crippen LogP contribution in [0.4, 0.5) is 0 Å². The lowest BCUT2D eigenvalue weighted by Crippen LogP contribution is -2.23. The number of hydrogen-bond donors (Lipinski definition) is 0. The number of nitrogens with zero attached hydrogens (tertiary/aromatic N) is 1. The Morgan fingerprint density at radius 2 is 2.00 bits per heavy atom. The molecule has 1 saturated heterocycles. The molecule has 0 N–H and O–H groups in total. The first kappa shape index (κ1) is 14.1. The van der Waals surface area contributed by atoms with Gasteiger partial charge in [0.15, 0.2) is 0 Å². The van der Waals surface area contributed by atoms with E-state index in [0.717, 1.165) is 10.6 Å². The molecule has 2 rings (SSSR count). The lowest BCUT2D eigenvalue weighted by Gasteiger charge is -2.25. The van der Waals surface area contributed by atoms with Crippen molar-refractivity contribution in [1.29, 1.82) is 5.26 Å². The van der Waals surface area contributed by atoms with Crippen LogP contribution in [0.5, 0.6) is 5.75 Å². The fourth-order valence-corrected chi connectivity index (χ4v) is 5.83. The van der Waals surface area contributed by atoms with E-state index in [9.17, 15) is 0 Å². The number of nitriles is 1. The predicted octanol–water partition coefficient (Wildman–Crippen LogP) is 4.67. The van der Waals surface area contributed by atoms with Crippen LogP contribution in [0.25, 0.3) is 0 Å². The van der Waals surface area contributed by atoms with Crippen molar-refractivity contribution in [3.63, 3.8) is 0 Å². The second-order valence-corrected chi connectivity index (χ2v) is 8.90. The van der Waals surface area contributed by atoms with Gasteiger partial charge in [0.1, 0.15) is 22.3 Å². The Balaban J connectivity index is 2.26. The number of thioether (sulfide) groups is 2. The van der Waals surface area contributed by atoms with Gasteiger partial charge in [-0.15, -0.1) is 34.9 Å². The number of ether oxygens (including phenoxy) is 1. The molecule has 0 unspecified atom stereocenters. The normalized spacial score (nSPS) is 17.4. The summed E-state index contributed by atoms with van der Waals surface area (Å²) >= 11 is 5.51. The molecule has 98 valence electrons. The molecule has 0 saturated carbocycles. The Kier molecular flexibility index (Phi) is 4.52. The molecule has 0 aromatic carbocycles. The zero-order valence-electron chi connectivity index (χ0n) is 10.9. The minimum absolute atomic E-state index is 0.216. The molecule has 0 atom stereocenters. The molecule has 0 spiro atoms. The van der Waals surface area contributed by atoms with Crippen molar-refractivity contribution in [2.75, 3.05) is 11.5 Å². The lowest BCUT2D eigenvalue weighted by atomic mass is 10.2. The van der Waals surface area contributed by atoms with Gasteiger partial charge in [0.25, 0.3) is 0 Å². The molecular weight excluding hydrogens is 282 g/mol. The van der Waals surface area contributed by atoms with Gasteiger partial charge in [0, 0.05) is 6.07 Å². The van der Waals surface area contributed by atoms with Gasteiger partial charge in [-0.2, -0.15) is 5.26 Å². The molecule has 2 heterocycles. The summed E-state index contributed by atoms with van der Waals surface area (Å²) in [5.41, 5.74) is -0.216. The minimum atomic E-state index is -0.216. The molecule has 18 heavy (non-hydrogen) atoms. The second-order valence-electron chi connectivity index (χ2n) is 5.09. The van der Waals surface area contributed by atoms with E-state index in [-0.39, 0.29) is 5.60 Å². The van der Waals surface area contributed by atoms with Crippen molar-refractivity contribution in [2.45, 2.75) is 37.4 Å². The van der Waals surface area contributed by atoms with E-state index in [1.165, 1.54) is 22.8 Å². The first-order valence-electron chi connectivity index (χ1n) is 5.95. The highest BCUT2D eigenvalue weighted by Crippen LogP contribution is 2.50. The van der Waals surface area contributed by atoms with Crippen molar-refractivity contribution < 1.29 is 4.74 Å². The quantitative estimate of drug-likeness (QED) is 0.795. The first-order chi connectivity index (χ1) is 8.49. The summed E-state index contributed by atoms with van der Waals surface area (Å²) in [6.45, 7) is 6.13. The molecule has 0 amide bonds. The van der Waals surface area contributed by atoms with E-state index in [1.807, 2.05) is 50.4 Å². The molecule has 1 aromatic rings. The maximum absolute atomic E-state index is 9.06. The van der Waals surface area contributed by atoms with E-state index in [0.29, 0.717) is 4.58 Å². The van der Waals surface area contributed by atoms with Crippen LogP contribution in [-0.2, 0) is 0 Å². The van der Waals surface area contributed by atoms with Gasteiger partial charge in [-0.1, -0.05) is 0 Å². The monoisotopic (exact) mass is 299 g/mol. The van der Waals surface area contributed by atoms with Crippen molar-refractivity contribution in [1.82, 2.24) is 0 Å². The zero-order valence-corrected chi connectivity index (χ0v) is 13.3. The Bertz CT molecular complexity index is 450. The summed E-state index contributed by atoms with van der Waals surface area (Å²) < 4.78 is 6.43. The van der Waals surface area contributed by atoms with Crippen LogP contribution in [0.3, 0.4) is 0 Å². The van der Waals surface area contributed by atoms with Crippen molar-refractivity contribution in [3.8, 4) is 11.8 Å². The Morgan fingerprint density at radius 3 is 2.56 bits per heavy atom. The third-order valence-electron chi connectivity index (χ3n) is 2.29. The van der Waals surface area contributed by atoms with Crippen LogP contribution in [0, 0.1) is 11.3 Å². The van der Waals surface area contributed by atoms with Crippen LogP contribution in [0.1, 0.15) is 41.5 Å². The van der Waals surface area contributed by atoms with Crippen LogP contribution in [-0.4, -0.2) is 17.1 Å². The molecule has 0 radical (unpaired) electrons. The minimum Gasteiger partial charge on any atom is -0.487 e. The van der Waals surface area contributed by atoms with E-state index in [2.05, 4.69) is 6.07 Å². The molecular formula is C13H17NOS3. The summed E-state index contributed by atoms with van der Waals surface area (Å²) in [4.78, 5) is 1.96. The summed E-state index contributed by atoms with van der Waals surface area (Å²) in [6.07, 6.45) is 1.28. The SMILES string of the molecule is CC(C)(C)Oc1cc(C#N)sc1C1SCCCS1. The van der Waals surface area contributed by atoms with Gasteiger partial charge >= 0.3 is 0 Å². The average molecular weight is 299 g/mol. The fraction of sp³-hybridized carbons (Fsp3) is 0.615. The maximum Gasteiger partial charge on any atom is 0.137 e. The molecule has 5 heteroatoms. The molecule has 1 aliphatic heterocycles. The largest absolute Gasteiger partial charge is 0.487 e. The van der Waals surface area contributed by atoms with Crippen LogP contribution < -0.4 is 4.74 Å². The number of rotatable bonds is 2. The Labute approximate surface area is 121 Å². The Hall–Kier alpha value is -0.310. The molecule has 0 bridgehead atoms. The van der Waals surface area contributed by atoms with Crippen LogP contribution >= 0.6 is 34.9 Å². The van der Waals surface area contributed by atoms with Gasteiger partial charge in [0.2, 0.25) is 0 Å². The van der Waals surface area contributed by atoms with E-state index in [1.54, 1.807) is 11.3 Å². The van der Waals surface area contributed by atoms with Crippen molar-refractivity contribution in [2.24, 2.45) is 0 Å². The third-order valence-corrected chi connectivity index (χ3v) is 6.62. The molecule has 0 aliphatic carbocycles. The van der Waals surface area contributed by atoms with E-state index < -0.39 is 0 Å². The number of hydrogen-bond acceptors (Lipinski definition) is 5. The standard InChI is InChI=1S/C13H17NOS3/c1-13(2,3)15-10-7-9(8-14)18-11(10)12-16-5-4-6-17-12/h7,12H,4-6H2,1-3H3. The lowest BCUT2D eigenvalue weighted by molar-refractivity contribution is 0.130. The van der Waals surface area contributed by atoms with Gasteiger partial charge in [-0.3, -0.25) is 0 Å². The van der Waals surface area contributed by atoms with E-state index >= 15 is 0 Å². The Morgan fingerprint density at radius 1 is 1.33 bits per heavy atom. The summed E-state index contributed by atoms with van der Waals surface area (Å²) in [6, 6.07) is 4.12. The van der Waals surface area contributed by atoms with Crippen molar-refractivity contribution in [3.05, 3.63) is 15.8 Å². The topological polar surface area (TPSA) is 33.0 Å². The van der Waals surface area contributed by atoms with Gasteiger partial charge < -0.3 is 4.74 Å². The number of thiophene rings is 1. The smallest absolute Gasteiger partial charge is 0.137 e. The second kappa shape index (κ2) is 5.77. The average Bonchev–Trinajstić information content (AvgIpc) is 2.71. The van der Waals surface area contributed by atoms with Gasteiger partial charge in [-0.05, 0) is 38.7 Å². The summed E-state index contributed by atoms with van der Waals surface area (Å²) in [7, 11) is 0. The third kappa shape index (κ3) is 3.59. The zero-order chi connectivity index (χ0) is 13.2. The molecule has 2 nitrogen and oxygen atoms in total. The molecule has 1 fully saturated rings. The summed E-state index contributed by atoms with van der Waals surface area (Å²) in [5, 5.41) is 9.06. The van der Waals surface area contributed by atoms with Gasteiger partial charge in [-0.25, -0.2) is 0 Å². The molecule has 1 aliphatic rings. The predicted molar refractivity (Wildman–Crippen MR) is 81.7 cm³/mol. The van der Waals surface area contributed by atoms with Gasteiger partial charge in [0.05, 0.1) is 9.46 Å². The highest BCUT2D eigenvalue weighted by atomic mass is 32.2. The van der Waals surface area contributed by atoms with E-state index in [4.69, 9.17) is 10.00 Å². The van der Waals surface area contributed by atoms with Crippen molar-refractivity contribution >= 4 is 34.9 Å². The highest BCUT2D eigenvalue weighted by molar-refractivity contribution is 8.17. The van der Waals surface area contributed by atoms with Crippen LogP contribution in [0.2, 0.25) is 0 Å². The fourth-order valence-electron chi connectivity index (χ4n) is 1.66. The summed E-state index contributed by atoms with van der Waals surface area (Å²) in [5.74, 6) is 3.30. The molecule has 1 aromatic heterocycles. The highest BCUT2D eigenvalue weighted by Gasteiger charge is 2.25. The first-order valence-corrected chi connectivity index (χ1v) is 8.87. The maximum atomic E-state index is 9.06.